The molecule has 2 aliphatic rings. The second-order valence-corrected chi connectivity index (χ2v) is 6.71. The molecule has 0 bridgehead atoms. The highest BCUT2D eigenvalue weighted by molar-refractivity contribution is 7.13. The first-order chi connectivity index (χ1) is 9.79. The molecule has 2 N–H and O–H groups in total. The quantitative estimate of drug-likeness (QED) is 0.801. The molecule has 1 atom stereocenters. The molecule has 0 aromatic carbocycles. The van der Waals surface area contributed by atoms with Crippen LogP contribution < -0.4 is 10.6 Å². The Hall–Kier alpha value is -0.980. The van der Waals surface area contributed by atoms with Crippen LogP contribution in [0.25, 0.3) is 0 Å². The Morgan fingerprint density at radius 2 is 2.35 bits per heavy atom. The number of nitrogens with one attached hydrogen (secondary N) is 2. The highest BCUT2D eigenvalue weighted by Gasteiger charge is 2.27. The molecule has 2 heterocycles. The van der Waals surface area contributed by atoms with Crippen molar-refractivity contribution in [3.63, 3.8) is 0 Å². The molecule has 5 nitrogen and oxygen atoms in total. The van der Waals surface area contributed by atoms with E-state index in [-0.39, 0.29) is 5.91 Å². The minimum atomic E-state index is 0.0543. The van der Waals surface area contributed by atoms with E-state index in [9.17, 15) is 4.79 Å². The van der Waals surface area contributed by atoms with Gasteiger partial charge in [-0.15, -0.1) is 11.3 Å². The summed E-state index contributed by atoms with van der Waals surface area (Å²) in [5.74, 6) is 0.864. The van der Waals surface area contributed by atoms with Crippen molar-refractivity contribution in [3.8, 4) is 0 Å². The van der Waals surface area contributed by atoms with Crippen LogP contribution >= 0.6 is 11.3 Å². The van der Waals surface area contributed by atoms with E-state index in [0.717, 1.165) is 25.6 Å². The Labute approximate surface area is 123 Å². The Morgan fingerprint density at radius 1 is 1.45 bits per heavy atom. The van der Waals surface area contributed by atoms with Crippen LogP contribution in [0.5, 0.6) is 0 Å². The summed E-state index contributed by atoms with van der Waals surface area (Å²) >= 11 is 1.46. The van der Waals surface area contributed by atoms with E-state index in [2.05, 4.69) is 20.5 Å². The van der Waals surface area contributed by atoms with Crippen LogP contribution in [0.3, 0.4) is 0 Å². The predicted octanol–water partition coefficient (Wildman–Crippen LogP) is 1.55. The van der Waals surface area contributed by atoms with Crippen LogP contribution in [0, 0.1) is 5.92 Å². The van der Waals surface area contributed by atoms with Crippen molar-refractivity contribution in [2.45, 2.75) is 31.7 Å². The third kappa shape index (κ3) is 4.26. The highest BCUT2D eigenvalue weighted by Crippen LogP contribution is 2.29. The second-order valence-electron chi connectivity index (χ2n) is 5.82. The normalized spacial score (nSPS) is 22.4. The summed E-state index contributed by atoms with van der Waals surface area (Å²) in [6.45, 7) is 3.65. The summed E-state index contributed by atoms with van der Waals surface area (Å²) in [4.78, 5) is 18.5. The van der Waals surface area contributed by atoms with E-state index in [1.807, 2.05) is 5.38 Å². The molecule has 3 rings (SSSR count). The van der Waals surface area contributed by atoms with Gasteiger partial charge in [0.1, 0.15) is 0 Å². The molecule has 20 heavy (non-hydrogen) atoms. The van der Waals surface area contributed by atoms with E-state index in [1.54, 1.807) is 6.20 Å². The van der Waals surface area contributed by atoms with Crippen LogP contribution in [-0.4, -0.2) is 48.0 Å². The lowest BCUT2D eigenvalue weighted by molar-refractivity contribution is -0.117. The average molecular weight is 294 g/mol. The fourth-order valence-corrected chi connectivity index (χ4v) is 3.29. The topological polar surface area (TPSA) is 57.3 Å². The Balaban J connectivity index is 1.49. The fourth-order valence-electron chi connectivity index (χ4n) is 2.74. The monoisotopic (exact) mass is 294 g/mol. The molecule has 110 valence electrons. The third-order valence-electron chi connectivity index (χ3n) is 3.90. The van der Waals surface area contributed by atoms with Crippen molar-refractivity contribution >= 4 is 22.4 Å². The van der Waals surface area contributed by atoms with Crippen LogP contribution in [0.1, 0.15) is 25.7 Å². The molecule has 1 unspecified atom stereocenters. The first kappa shape index (κ1) is 14.0. The Bertz CT molecular complexity index is 426. The van der Waals surface area contributed by atoms with Gasteiger partial charge in [-0.3, -0.25) is 9.69 Å². The van der Waals surface area contributed by atoms with Gasteiger partial charge in [-0.2, -0.15) is 0 Å². The van der Waals surface area contributed by atoms with E-state index in [1.165, 1.54) is 37.0 Å². The van der Waals surface area contributed by atoms with Crippen molar-refractivity contribution in [1.29, 1.82) is 0 Å². The fraction of sp³-hybridized carbons (Fsp3) is 0.714. The van der Waals surface area contributed by atoms with Gasteiger partial charge in [-0.25, -0.2) is 4.98 Å². The summed E-state index contributed by atoms with van der Waals surface area (Å²) in [7, 11) is 0. The zero-order valence-electron chi connectivity index (χ0n) is 11.7. The number of aromatic nitrogens is 1. The van der Waals surface area contributed by atoms with Gasteiger partial charge < -0.3 is 10.6 Å². The minimum Gasteiger partial charge on any atom is -0.313 e. The lowest BCUT2D eigenvalue weighted by Crippen LogP contribution is -2.42. The first-order valence-corrected chi connectivity index (χ1v) is 8.32. The van der Waals surface area contributed by atoms with Crippen LogP contribution in [0.4, 0.5) is 5.13 Å². The number of thiazole rings is 1. The van der Waals surface area contributed by atoms with Gasteiger partial charge >= 0.3 is 0 Å². The number of carbonyl (C=O) groups is 1. The number of hydrogen-bond donors (Lipinski definition) is 2. The number of hydrogen-bond acceptors (Lipinski definition) is 5. The summed E-state index contributed by atoms with van der Waals surface area (Å²) in [5, 5.41) is 8.96. The van der Waals surface area contributed by atoms with E-state index < -0.39 is 0 Å². The van der Waals surface area contributed by atoms with E-state index in [0.29, 0.717) is 17.7 Å². The predicted molar refractivity (Wildman–Crippen MR) is 80.9 cm³/mol. The molecule has 1 aliphatic heterocycles. The van der Waals surface area contributed by atoms with Gasteiger partial charge in [-0.1, -0.05) is 0 Å². The van der Waals surface area contributed by atoms with E-state index >= 15 is 0 Å². The SMILES string of the molecule is O=C(CN(CC1CC1)CC1CCCN1)Nc1nccs1. The van der Waals surface area contributed by atoms with Crippen molar-refractivity contribution in [2.24, 2.45) is 5.92 Å². The molecule has 1 saturated heterocycles. The van der Waals surface area contributed by atoms with Crippen molar-refractivity contribution in [2.75, 3.05) is 31.5 Å². The van der Waals surface area contributed by atoms with Gasteiger partial charge in [0.25, 0.3) is 0 Å². The van der Waals surface area contributed by atoms with Gasteiger partial charge in [-0.05, 0) is 38.1 Å². The van der Waals surface area contributed by atoms with E-state index in [4.69, 9.17) is 0 Å². The van der Waals surface area contributed by atoms with Crippen LogP contribution in [0.15, 0.2) is 11.6 Å². The third-order valence-corrected chi connectivity index (χ3v) is 4.59. The maximum absolute atomic E-state index is 12.1. The number of rotatable bonds is 7. The smallest absolute Gasteiger partial charge is 0.240 e. The molecular weight excluding hydrogens is 272 g/mol. The highest BCUT2D eigenvalue weighted by atomic mass is 32.1. The minimum absolute atomic E-state index is 0.0543. The summed E-state index contributed by atoms with van der Waals surface area (Å²) in [6.07, 6.45) is 6.85. The summed E-state index contributed by atoms with van der Waals surface area (Å²) in [6, 6.07) is 0.557. The van der Waals surface area contributed by atoms with Crippen molar-refractivity contribution < 1.29 is 4.79 Å². The summed E-state index contributed by atoms with van der Waals surface area (Å²) < 4.78 is 0. The van der Waals surface area contributed by atoms with Gasteiger partial charge in [0.05, 0.1) is 6.54 Å². The maximum Gasteiger partial charge on any atom is 0.240 e. The zero-order chi connectivity index (χ0) is 13.8. The lowest BCUT2D eigenvalue weighted by atomic mass is 10.2. The second kappa shape index (κ2) is 6.65. The largest absolute Gasteiger partial charge is 0.313 e. The summed E-state index contributed by atoms with van der Waals surface area (Å²) in [5.41, 5.74) is 0. The molecule has 6 heteroatoms. The molecule has 1 aliphatic carbocycles. The molecule has 1 saturated carbocycles. The average Bonchev–Trinajstić information content (AvgIpc) is 2.90. The number of amides is 1. The van der Waals surface area contributed by atoms with Crippen LogP contribution in [0.2, 0.25) is 0 Å². The Morgan fingerprint density at radius 3 is 3.00 bits per heavy atom. The first-order valence-electron chi connectivity index (χ1n) is 7.44. The molecule has 0 radical (unpaired) electrons. The number of nitrogens with zero attached hydrogens (tertiary/aromatic N) is 2. The van der Waals surface area contributed by atoms with Gasteiger partial charge in [0.2, 0.25) is 5.91 Å². The number of carbonyl (C=O) groups excluding carboxylic acids is 1. The molecule has 1 aromatic rings. The molecular formula is C14H22N4OS. The molecule has 0 spiro atoms. The van der Waals surface area contributed by atoms with Crippen molar-refractivity contribution in [1.82, 2.24) is 15.2 Å². The van der Waals surface area contributed by atoms with Gasteiger partial charge in [0.15, 0.2) is 5.13 Å². The number of anilines is 1. The lowest BCUT2D eigenvalue weighted by Gasteiger charge is -2.24. The zero-order valence-corrected chi connectivity index (χ0v) is 12.5. The van der Waals surface area contributed by atoms with Crippen molar-refractivity contribution in [3.05, 3.63) is 11.6 Å². The standard InChI is InChI=1S/C14H22N4OS/c19-13(17-14-16-6-7-20-14)10-18(8-11-3-4-11)9-12-2-1-5-15-12/h6-7,11-12,15H,1-5,8-10H2,(H,16,17,19). The maximum atomic E-state index is 12.1. The van der Waals surface area contributed by atoms with Crippen LogP contribution in [-0.2, 0) is 4.79 Å². The molecule has 2 fully saturated rings. The Kier molecular flexibility index (Phi) is 4.65. The van der Waals surface area contributed by atoms with Gasteiger partial charge in [0, 0.05) is 30.7 Å². The molecule has 1 amide bonds. The molecule has 1 aromatic heterocycles.